The van der Waals surface area contributed by atoms with Crippen LogP contribution in [-0.2, 0) is 4.79 Å². The van der Waals surface area contributed by atoms with Gasteiger partial charge in [-0.05, 0) is 51.3 Å². The van der Waals surface area contributed by atoms with Crippen molar-refractivity contribution in [2.24, 2.45) is 0 Å². The lowest BCUT2D eigenvalue weighted by Crippen LogP contribution is -2.42. The molecule has 0 radical (unpaired) electrons. The van der Waals surface area contributed by atoms with Gasteiger partial charge in [-0.25, -0.2) is 0 Å². The Kier molecular flexibility index (Phi) is 6.25. The van der Waals surface area contributed by atoms with E-state index in [0.717, 1.165) is 30.9 Å². The zero-order valence-electron chi connectivity index (χ0n) is 14.1. The molecule has 0 unspecified atom stereocenters. The summed E-state index contributed by atoms with van der Waals surface area (Å²) in [5, 5.41) is 6.56. The van der Waals surface area contributed by atoms with Crippen LogP contribution in [0.5, 0.6) is 0 Å². The Bertz CT molecular complexity index is 479. The molecule has 1 aromatic rings. The first-order valence-corrected chi connectivity index (χ1v) is 8.49. The molecule has 1 saturated heterocycles. The number of nitrogens with zero attached hydrogens (tertiary/aromatic N) is 1. The molecule has 1 aromatic carbocycles. The fraction of sp³-hybridized carbons (Fsp3) is 0.611. The van der Waals surface area contributed by atoms with Gasteiger partial charge < -0.3 is 15.5 Å². The second kappa shape index (κ2) is 8.18. The van der Waals surface area contributed by atoms with Crippen LogP contribution in [0.15, 0.2) is 24.3 Å². The van der Waals surface area contributed by atoms with E-state index in [1.807, 2.05) is 25.1 Å². The van der Waals surface area contributed by atoms with Gasteiger partial charge in [0.15, 0.2) is 0 Å². The van der Waals surface area contributed by atoms with Crippen LogP contribution in [0.1, 0.15) is 46.5 Å². The summed E-state index contributed by atoms with van der Waals surface area (Å²) in [5.41, 5.74) is 1.97. The highest BCUT2D eigenvalue weighted by Gasteiger charge is 2.20. The van der Waals surface area contributed by atoms with E-state index in [9.17, 15) is 4.79 Å². The van der Waals surface area contributed by atoms with Crippen LogP contribution in [0.2, 0.25) is 0 Å². The Balaban J connectivity index is 1.87. The molecule has 1 aliphatic heterocycles. The summed E-state index contributed by atoms with van der Waals surface area (Å²) in [4.78, 5) is 14.2. The molecule has 1 amide bonds. The van der Waals surface area contributed by atoms with E-state index in [-0.39, 0.29) is 5.91 Å². The van der Waals surface area contributed by atoms with Crippen molar-refractivity contribution in [3.05, 3.63) is 24.3 Å². The largest absolute Gasteiger partial charge is 0.382 e. The van der Waals surface area contributed by atoms with Crippen molar-refractivity contribution < 1.29 is 4.79 Å². The van der Waals surface area contributed by atoms with Crippen molar-refractivity contribution in [2.45, 2.75) is 58.5 Å². The van der Waals surface area contributed by atoms with E-state index in [2.05, 4.69) is 35.4 Å². The third-order valence-electron chi connectivity index (χ3n) is 4.25. The summed E-state index contributed by atoms with van der Waals surface area (Å²) < 4.78 is 0. The number of hydrogen-bond donors (Lipinski definition) is 2. The molecule has 122 valence electrons. The topological polar surface area (TPSA) is 44.4 Å². The summed E-state index contributed by atoms with van der Waals surface area (Å²) >= 11 is 0. The number of carbonyl (C=O) groups is 1. The second-order valence-electron chi connectivity index (χ2n) is 6.43. The highest BCUT2D eigenvalue weighted by Crippen LogP contribution is 2.20. The maximum Gasteiger partial charge on any atom is 0.224 e. The zero-order chi connectivity index (χ0) is 15.9. The molecule has 0 bridgehead atoms. The second-order valence-corrected chi connectivity index (χ2v) is 6.43. The molecule has 22 heavy (non-hydrogen) atoms. The zero-order valence-corrected chi connectivity index (χ0v) is 14.1. The number of carbonyl (C=O) groups excluding carboxylic acids is 1. The first-order chi connectivity index (χ1) is 10.6. The molecular weight excluding hydrogens is 274 g/mol. The predicted octanol–water partition coefficient (Wildman–Crippen LogP) is 3.71. The van der Waals surface area contributed by atoms with Crippen LogP contribution >= 0.6 is 0 Å². The summed E-state index contributed by atoms with van der Waals surface area (Å²) in [6.45, 7) is 8.85. The number of piperidine rings is 1. The summed E-state index contributed by atoms with van der Waals surface area (Å²) in [6.07, 6.45) is 3.79. The van der Waals surface area contributed by atoms with Crippen LogP contribution in [0.3, 0.4) is 0 Å². The Hall–Kier alpha value is -1.55. The van der Waals surface area contributed by atoms with Crippen LogP contribution < -0.4 is 10.6 Å². The number of hydrogen-bond acceptors (Lipinski definition) is 3. The smallest absolute Gasteiger partial charge is 0.224 e. The molecule has 1 aliphatic rings. The lowest BCUT2D eigenvalue weighted by atomic mass is 10.0. The van der Waals surface area contributed by atoms with Gasteiger partial charge in [-0.15, -0.1) is 0 Å². The fourth-order valence-electron chi connectivity index (χ4n) is 2.93. The van der Waals surface area contributed by atoms with Crippen molar-refractivity contribution in [3.63, 3.8) is 0 Å². The molecule has 2 rings (SSSR count). The first-order valence-electron chi connectivity index (χ1n) is 8.49. The molecule has 4 heteroatoms. The lowest BCUT2D eigenvalue weighted by Gasteiger charge is -2.35. The van der Waals surface area contributed by atoms with Gasteiger partial charge in [-0.3, -0.25) is 4.79 Å². The third-order valence-corrected chi connectivity index (χ3v) is 4.25. The molecular formula is C18H29N3O. The van der Waals surface area contributed by atoms with E-state index in [1.165, 1.54) is 12.8 Å². The maximum absolute atomic E-state index is 11.7. The fourth-order valence-corrected chi connectivity index (χ4v) is 2.93. The predicted molar refractivity (Wildman–Crippen MR) is 93.3 cm³/mol. The van der Waals surface area contributed by atoms with Gasteiger partial charge in [0.05, 0.1) is 0 Å². The van der Waals surface area contributed by atoms with Crippen LogP contribution in [0.25, 0.3) is 0 Å². The summed E-state index contributed by atoms with van der Waals surface area (Å²) in [7, 11) is 0. The van der Waals surface area contributed by atoms with E-state index >= 15 is 0 Å². The van der Waals surface area contributed by atoms with Gasteiger partial charge in [-0.1, -0.05) is 13.0 Å². The van der Waals surface area contributed by atoms with Gasteiger partial charge in [0.1, 0.15) is 0 Å². The number of anilines is 2. The minimum absolute atomic E-state index is 0.0879. The first kappa shape index (κ1) is 16.8. The number of nitrogens with one attached hydrogen (secondary N) is 2. The third kappa shape index (κ3) is 5.02. The molecule has 0 aromatic heterocycles. The molecule has 0 saturated carbocycles. The van der Waals surface area contributed by atoms with Crippen LogP contribution in [-0.4, -0.2) is 36.0 Å². The number of amides is 1. The van der Waals surface area contributed by atoms with Gasteiger partial charge in [-0.2, -0.15) is 0 Å². The van der Waals surface area contributed by atoms with Crippen molar-refractivity contribution >= 4 is 17.3 Å². The van der Waals surface area contributed by atoms with Crippen LogP contribution in [0, 0.1) is 0 Å². The van der Waals surface area contributed by atoms with E-state index < -0.39 is 0 Å². The van der Waals surface area contributed by atoms with Gasteiger partial charge in [0, 0.05) is 43.0 Å². The molecule has 2 N–H and O–H groups in total. The molecule has 0 aliphatic carbocycles. The van der Waals surface area contributed by atoms with Gasteiger partial charge in [0.25, 0.3) is 0 Å². The SMILES string of the molecule is CCCC(=O)Nc1cccc(NC2CCN(C(C)C)CC2)c1. The van der Waals surface area contributed by atoms with Crippen LogP contribution in [0.4, 0.5) is 11.4 Å². The summed E-state index contributed by atoms with van der Waals surface area (Å²) in [5.74, 6) is 0.0879. The Morgan fingerprint density at radius 1 is 1.27 bits per heavy atom. The molecule has 0 atom stereocenters. The van der Waals surface area contributed by atoms with Crippen molar-refractivity contribution in [1.29, 1.82) is 0 Å². The summed E-state index contributed by atoms with van der Waals surface area (Å²) in [6, 6.07) is 9.20. The van der Waals surface area contributed by atoms with E-state index in [0.29, 0.717) is 18.5 Å². The quantitative estimate of drug-likeness (QED) is 0.842. The number of likely N-dealkylation sites (tertiary alicyclic amines) is 1. The minimum Gasteiger partial charge on any atom is -0.382 e. The highest BCUT2D eigenvalue weighted by atomic mass is 16.1. The Labute approximate surface area is 134 Å². The Morgan fingerprint density at radius 3 is 2.59 bits per heavy atom. The Morgan fingerprint density at radius 2 is 1.95 bits per heavy atom. The average molecular weight is 303 g/mol. The van der Waals surface area contributed by atoms with Crippen molar-refractivity contribution in [3.8, 4) is 0 Å². The van der Waals surface area contributed by atoms with Gasteiger partial charge >= 0.3 is 0 Å². The van der Waals surface area contributed by atoms with Gasteiger partial charge in [0.2, 0.25) is 5.91 Å². The monoisotopic (exact) mass is 303 g/mol. The lowest BCUT2D eigenvalue weighted by molar-refractivity contribution is -0.116. The molecule has 1 heterocycles. The van der Waals surface area contributed by atoms with E-state index in [4.69, 9.17) is 0 Å². The van der Waals surface area contributed by atoms with Crippen molar-refractivity contribution in [1.82, 2.24) is 4.90 Å². The highest BCUT2D eigenvalue weighted by molar-refractivity contribution is 5.91. The molecule has 0 spiro atoms. The standard InChI is InChI=1S/C18H29N3O/c1-4-6-18(22)20-17-8-5-7-16(13-17)19-15-9-11-21(12-10-15)14(2)3/h5,7-8,13-15,19H,4,6,9-12H2,1-3H3,(H,20,22). The normalized spacial score (nSPS) is 16.7. The minimum atomic E-state index is 0.0879. The molecule has 4 nitrogen and oxygen atoms in total. The maximum atomic E-state index is 11.7. The number of benzene rings is 1. The number of rotatable bonds is 6. The van der Waals surface area contributed by atoms with Crippen molar-refractivity contribution in [2.75, 3.05) is 23.7 Å². The van der Waals surface area contributed by atoms with E-state index in [1.54, 1.807) is 0 Å². The molecule has 1 fully saturated rings. The average Bonchev–Trinajstić information content (AvgIpc) is 2.48.